The molecule has 0 radical (unpaired) electrons. The van der Waals surface area contributed by atoms with Gasteiger partial charge in [-0.15, -0.1) is 0 Å². The van der Waals surface area contributed by atoms with E-state index in [1.54, 1.807) is 11.0 Å². The Bertz CT molecular complexity index is 507. The van der Waals surface area contributed by atoms with Crippen molar-refractivity contribution in [2.45, 2.75) is 31.7 Å². The van der Waals surface area contributed by atoms with Crippen LogP contribution in [0.15, 0.2) is 28.7 Å². The molecule has 1 atom stereocenters. The van der Waals surface area contributed by atoms with Gasteiger partial charge in [-0.05, 0) is 47.3 Å². The van der Waals surface area contributed by atoms with E-state index in [-0.39, 0.29) is 18.5 Å². The number of hydrogen-bond acceptors (Lipinski definition) is 2. The standard InChI is InChI=1S/C14H17BrN2O3/c15-11-6-1-2-7-12(11)16-14(20)17-8-4-3-5-10(17)9-13(18)19/h1-2,6-7,10H,3-5,8-9H2,(H,16,20)(H,18,19). The molecule has 1 aromatic carbocycles. The van der Waals surface area contributed by atoms with Crippen molar-refractivity contribution in [1.82, 2.24) is 4.90 Å². The molecule has 0 aromatic heterocycles. The number of carbonyl (C=O) groups is 2. The number of carboxylic acid groups (broad SMARTS) is 1. The first kappa shape index (κ1) is 14.8. The Morgan fingerprint density at radius 1 is 1.35 bits per heavy atom. The highest BCUT2D eigenvalue weighted by atomic mass is 79.9. The van der Waals surface area contributed by atoms with E-state index in [4.69, 9.17) is 5.11 Å². The molecule has 0 bridgehead atoms. The third-order valence-corrected chi connectivity index (χ3v) is 4.11. The van der Waals surface area contributed by atoms with E-state index < -0.39 is 5.97 Å². The molecule has 0 saturated carbocycles. The van der Waals surface area contributed by atoms with Crippen LogP contribution in [0.2, 0.25) is 0 Å². The van der Waals surface area contributed by atoms with Gasteiger partial charge < -0.3 is 15.3 Å². The first-order valence-corrected chi connectivity index (χ1v) is 7.41. The Kier molecular flexibility index (Phi) is 5.00. The van der Waals surface area contributed by atoms with Crippen LogP contribution in [0.5, 0.6) is 0 Å². The highest BCUT2D eigenvalue weighted by molar-refractivity contribution is 9.10. The molecule has 1 aliphatic rings. The van der Waals surface area contributed by atoms with Crippen LogP contribution in [0.1, 0.15) is 25.7 Å². The number of nitrogens with one attached hydrogen (secondary N) is 1. The zero-order valence-corrected chi connectivity index (χ0v) is 12.6. The fourth-order valence-electron chi connectivity index (χ4n) is 2.43. The molecule has 20 heavy (non-hydrogen) atoms. The number of carboxylic acids is 1. The number of halogens is 1. The molecule has 1 heterocycles. The lowest BCUT2D eigenvalue weighted by Gasteiger charge is -2.35. The summed E-state index contributed by atoms with van der Waals surface area (Å²) < 4.78 is 0.806. The molecule has 0 aliphatic carbocycles. The summed E-state index contributed by atoms with van der Waals surface area (Å²) >= 11 is 3.38. The first-order chi connectivity index (χ1) is 9.58. The molecule has 1 aromatic rings. The predicted molar refractivity (Wildman–Crippen MR) is 79.8 cm³/mol. The Morgan fingerprint density at radius 3 is 2.80 bits per heavy atom. The van der Waals surface area contributed by atoms with Crippen LogP contribution in [0, 0.1) is 0 Å². The maximum Gasteiger partial charge on any atom is 0.322 e. The van der Waals surface area contributed by atoms with E-state index in [1.807, 2.05) is 18.2 Å². The Balaban J connectivity index is 2.06. The average molecular weight is 341 g/mol. The van der Waals surface area contributed by atoms with E-state index >= 15 is 0 Å². The molecule has 1 saturated heterocycles. The van der Waals surface area contributed by atoms with E-state index in [0.29, 0.717) is 12.2 Å². The minimum absolute atomic E-state index is 0.00335. The second kappa shape index (κ2) is 6.74. The number of urea groups is 1. The lowest BCUT2D eigenvalue weighted by molar-refractivity contribution is -0.138. The highest BCUT2D eigenvalue weighted by Crippen LogP contribution is 2.24. The van der Waals surface area contributed by atoms with Gasteiger partial charge in [0.25, 0.3) is 0 Å². The Labute approximate surface area is 126 Å². The molecule has 2 amide bonds. The predicted octanol–water partition coefficient (Wildman–Crippen LogP) is 3.31. The summed E-state index contributed by atoms with van der Waals surface area (Å²) in [7, 11) is 0. The smallest absolute Gasteiger partial charge is 0.322 e. The number of piperidine rings is 1. The van der Waals surface area contributed by atoms with E-state index in [1.165, 1.54) is 0 Å². The van der Waals surface area contributed by atoms with Crippen molar-refractivity contribution in [3.63, 3.8) is 0 Å². The summed E-state index contributed by atoms with van der Waals surface area (Å²) in [6.45, 7) is 0.605. The molecule has 1 unspecified atom stereocenters. The van der Waals surface area contributed by atoms with Gasteiger partial charge in [-0.2, -0.15) is 0 Å². The molecule has 1 fully saturated rings. The number of aliphatic carboxylic acids is 1. The summed E-state index contributed by atoms with van der Waals surface area (Å²) in [5.74, 6) is -0.865. The molecule has 108 valence electrons. The third kappa shape index (κ3) is 3.72. The van der Waals surface area contributed by atoms with Gasteiger partial charge in [-0.1, -0.05) is 12.1 Å². The van der Waals surface area contributed by atoms with Gasteiger partial charge in [-0.25, -0.2) is 4.79 Å². The fourth-order valence-corrected chi connectivity index (χ4v) is 2.82. The second-order valence-corrected chi connectivity index (χ2v) is 5.71. The largest absolute Gasteiger partial charge is 0.481 e. The van der Waals surface area contributed by atoms with Crippen LogP contribution in [0.25, 0.3) is 0 Å². The number of hydrogen-bond donors (Lipinski definition) is 2. The van der Waals surface area contributed by atoms with Crippen LogP contribution in [-0.4, -0.2) is 34.6 Å². The highest BCUT2D eigenvalue weighted by Gasteiger charge is 2.28. The Morgan fingerprint density at radius 2 is 2.10 bits per heavy atom. The lowest BCUT2D eigenvalue weighted by atomic mass is 10.00. The second-order valence-electron chi connectivity index (χ2n) is 4.85. The summed E-state index contributed by atoms with van der Waals surface area (Å²) in [4.78, 5) is 24.8. The normalized spacial score (nSPS) is 18.6. The minimum atomic E-state index is -0.865. The number of carbonyl (C=O) groups excluding carboxylic acids is 1. The summed E-state index contributed by atoms with van der Waals surface area (Å²) in [5.41, 5.74) is 0.692. The topological polar surface area (TPSA) is 69.6 Å². The van der Waals surface area contributed by atoms with Crippen molar-refractivity contribution in [3.05, 3.63) is 28.7 Å². The van der Waals surface area contributed by atoms with Gasteiger partial charge in [0.2, 0.25) is 0 Å². The zero-order chi connectivity index (χ0) is 14.5. The molecule has 0 spiro atoms. The monoisotopic (exact) mass is 340 g/mol. The van der Waals surface area contributed by atoms with Crippen LogP contribution < -0.4 is 5.32 Å². The van der Waals surface area contributed by atoms with Crippen molar-refractivity contribution < 1.29 is 14.7 Å². The molecule has 1 aliphatic heterocycles. The molecular formula is C14H17BrN2O3. The number of nitrogens with zero attached hydrogens (tertiary/aromatic N) is 1. The third-order valence-electron chi connectivity index (χ3n) is 3.41. The maximum absolute atomic E-state index is 12.3. The van der Waals surface area contributed by atoms with E-state index in [9.17, 15) is 9.59 Å². The summed E-state index contributed by atoms with van der Waals surface area (Å²) in [6.07, 6.45) is 2.63. The number of amides is 2. The zero-order valence-electron chi connectivity index (χ0n) is 11.0. The molecular weight excluding hydrogens is 324 g/mol. The van der Waals surface area contributed by atoms with Gasteiger partial charge in [0.1, 0.15) is 0 Å². The number of likely N-dealkylation sites (tertiary alicyclic amines) is 1. The van der Waals surface area contributed by atoms with Crippen molar-refractivity contribution in [2.75, 3.05) is 11.9 Å². The quantitative estimate of drug-likeness (QED) is 0.886. The van der Waals surface area contributed by atoms with Crippen LogP contribution in [0.4, 0.5) is 10.5 Å². The molecule has 6 heteroatoms. The molecule has 5 nitrogen and oxygen atoms in total. The summed E-state index contributed by atoms with van der Waals surface area (Å²) in [5, 5.41) is 11.8. The average Bonchev–Trinajstić information content (AvgIpc) is 2.41. The van der Waals surface area contributed by atoms with Gasteiger partial charge >= 0.3 is 12.0 Å². The van der Waals surface area contributed by atoms with Crippen molar-refractivity contribution in [2.24, 2.45) is 0 Å². The number of benzene rings is 1. The molecule has 2 rings (SSSR count). The van der Waals surface area contributed by atoms with E-state index in [0.717, 1.165) is 23.7 Å². The lowest BCUT2D eigenvalue weighted by Crippen LogP contribution is -2.46. The maximum atomic E-state index is 12.3. The van der Waals surface area contributed by atoms with Gasteiger partial charge in [0, 0.05) is 17.1 Å². The van der Waals surface area contributed by atoms with Crippen molar-refractivity contribution >= 4 is 33.6 Å². The number of rotatable bonds is 3. The van der Waals surface area contributed by atoms with E-state index in [2.05, 4.69) is 21.2 Å². The fraction of sp³-hybridized carbons (Fsp3) is 0.429. The van der Waals surface area contributed by atoms with Gasteiger partial charge in [0.05, 0.1) is 12.1 Å². The summed E-state index contributed by atoms with van der Waals surface area (Å²) in [6, 6.07) is 6.91. The van der Waals surface area contributed by atoms with Crippen LogP contribution >= 0.6 is 15.9 Å². The van der Waals surface area contributed by atoms with Crippen LogP contribution in [-0.2, 0) is 4.79 Å². The minimum Gasteiger partial charge on any atom is -0.481 e. The van der Waals surface area contributed by atoms with Gasteiger partial charge in [-0.3, -0.25) is 4.79 Å². The van der Waals surface area contributed by atoms with Crippen molar-refractivity contribution in [1.29, 1.82) is 0 Å². The molecule has 2 N–H and O–H groups in total. The Hall–Kier alpha value is -1.56. The van der Waals surface area contributed by atoms with Gasteiger partial charge in [0.15, 0.2) is 0 Å². The van der Waals surface area contributed by atoms with Crippen molar-refractivity contribution in [3.8, 4) is 0 Å². The van der Waals surface area contributed by atoms with Crippen LogP contribution in [0.3, 0.4) is 0 Å². The first-order valence-electron chi connectivity index (χ1n) is 6.62. The SMILES string of the molecule is O=C(O)CC1CCCCN1C(=O)Nc1ccccc1Br. The number of anilines is 1. The number of para-hydroxylation sites is 1.